The van der Waals surface area contributed by atoms with Gasteiger partial charge in [-0.1, -0.05) is 6.92 Å². The Hall–Kier alpha value is -0.770. The van der Waals surface area contributed by atoms with E-state index in [-0.39, 0.29) is 24.4 Å². The first kappa shape index (κ1) is 12.2. The summed E-state index contributed by atoms with van der Waals surface area (Å²) in [6, 6.07) is 0.0993. The molecule has 13 heavy (non-hydrogen) atoms. The third-order valence-corrected chi connectivity index (χ3v) is 1.71. The Kier molecular flexibility index (Phi) is 6.32. The molecule has 1 atom stereocenters. The van der Waals surface area contributed by atoms with E-state index in [2.05, 4.69) is 10.1 Å². The molecule has 1 amide bonds. The first-order valence-electron chi connectivity index (χ1n) is 4.11. The summed E-state index contributed by atoms with van der Waals surface area (Å²) in [6.45, 7) is 3.58. The molecule has 4 nitrogen and oxygen atoms in total. The number of ether oxygens (including phenoxy) is 1. The standard InChI is InChI=1S/C8H14ClNO3/c1-3-6(2)10-7(11)5-13-8(12)4-9/h6H,3-5H2,1-2H3,(H,10,11). The van der Waals surface area contributed by atoms with E-state index in [1.807, 2.05) is 13.8 Å². The van der Waals surface area contributed by atoms with Gasteiger partial charge < -0.3 is 10.1 Å². The minimum Gasteiger partial charge on any atom is -0.455 e. The van der Waals surface area contributed by atoms with Crippen LogP contribution in [0.1, 0.15) is 20.3 Å². The summed E-state index contributed by atoms with van der Waals surface area (Å²) in [7, 11) is 0. The first-order chi connectivity index (χ1) is 6.10. The summed E-state index contributed by atoms with van der Waals surface area (Å²) >= 11 is 5.16. The molecule has 0 spiro atoms. The highest BCUT2D eigenvalue weighted by molar-refractivity contribution is 6.26. The van der Waals surface area contributed by atoms with Gasteiger partial charge >= 0.3 is 5.97 Å². The number of hydrogen-bond acceptors (Lipinski definition) is 3. The predicted molar refractivity (Wildman–Crippen MR) is 49.6 cm³/mol. The summed E-state index contributed by atoms with van der Waals surface area (Å²) in [5.41, 5.74) is 0. The zero-order chi connectivity index (χ0) is 10.3. The van der Waals surface area contributed by atoms with Crippen molar-refractivity contribution < 1.29 is 14.3 Å². The van der Waals surface area contributed by atoms with E-state index < -0.39 is 5.97 Å². The van der Waals surface area contributed by atoms with Gasteiger partial charge in [0.15, 0.2) is 6.61 Å². The number of carbonyl (C=O) groups excluding carboxylic acids is 2. The summed E-state index contributed by atoms with van der Waals surface area (Å²) in [4.78, 5) is 21.5. The third-order valence-electron chi connectivity index (χ3n) is 1.49. The highest BCUT2D eigenvalue weighted by Crippen LogP contribution is 1.88. The maximum absolute atomic E-state index is 11.0. The van der Waals surface area contributed by atoms with E-state index in [9.17, 15) is 9.59 Å². The second-order valence-electron chi connectivity index (χ2n) is 2.67. The zero-order valence-electron chi connectivity index (χ0n) is 7.80. The molecule has 76 valence electrons. The van der Waals surface area contributed by atoms with Crippen LogP contribution in [0.5, 0.6) is 0 Å². The lowest BCUT2D eigenvalue weighted by atomic mass is 10.2. The molecular formula is C8H14ClNO3. The van der Waals surface area contributed by atoms with Gasteiger partial charge in [0.05, 0.1) is 0 Å². The molecule has 1 N–H and O–H groups in total. The number of carbonyl (C=O) groups is 2. The van der Waals surface area contributed by atoms with Crippen LogP contribution in [0.3, 0.4) is 0 Å². The van der Waals surface area contributed by atoms with Crippen LogP contribution in [0.25, 0.3) is 0 Å². The van der Waals surface area contributed by atoms with Gasteiger partial charge in [-0.3, -0.25) is 9.59 Å². The number of alkyl halides is 1. The van der Waals surface area contributed by atoms with Crippen molar-refractivity contribution >= 4 is 23.5 Å². The Bertz CT molecular complexity index is 184. The third kappa shape index (κ3) is 6.40. The molecule has 0 fully saturated rings. The normalized spacial score (nSPS) is 11.9. The summed E-state index contributed by atoms with van der Waals surface area (Å²) in [5.74, 6) is -1.11. The van der Waals surface area contributed by atoms with Gasteiger partial charge in [-0.2, -0.15) is 0 Å². The van der Waals surface area contributed by atoms with Gasteiger partial charge in [0.25, 0.3) is 5.91 Å². The Balaban J connectivity index is 3.57. The van der Waals surface area contributed by atoms with Crippen molar-refractivity contribution in [2.75, 3.05) is 12.5 Å². The van der Waals surface area contributed by atoms with E-state index in [0.717, 1.165) is 6.42 Å². The van der Waals surface area contributed by atoms with E-state index >= 15 is 0 Å². The van der Waals surface area contributed by atoms with Gasteiger partial charge in [0, 0.05) is 6.04 Å². The average molecular weight is 208 g/mol. The van der Waals surface area contributed by atoms with Crippen molar-refractivity contribution in [3.8, 4) is 0 Å². The molecule has 0 aliphatic heterocycles. The number of hydrogen-bond donors (Lipinski definition) is 1. The monoisotopic (exact) mass is 207 g/mol. The molecule has 0 radical (unpaired) electrons. The highest BCUT2D eigenvalue weighted by atomic mass is 35.5. The Morgan fingerprint density at radius 3 is 2.62 bits per heavy atom. The molecule has 0 rings (SSSR count). The van der Waals surface area contributed by atoms with Crippen LogP contribution >= 0.6 is 11.6 Å². The minimum atomic E-state index is -0.582. The second-order valence-corrected chi connectivity index (χ2v) is 2.94. The maximum Gasteiger partial charge on any atom is 0.321 e. The average Bonchev–Trinajstić information content (AvgIpc) is 2.13. The van der Waals surface area contributed by atoms with Crippen molar-refractivity contribution in [3.63, 3.8) is 0 Å². The second kappa shape index (κ2) is 6.71. The lowest BCUT2D eigenvalue weighted by molar-refractivity contribution is -0.146. The fraction of sp³-hybridized carbons (Fsp3) is 0.750. The Labute approximate surface area is 82.6 Å². The molecule has 5 heteroatoms. The van der Waals surface area contributed by atoms with Crippen LogP contribution in [0.4, 0.5) is 0 Å². The van der Waals surface area contributed by atoms with Crippen LogP contribution in [0, 0.1) is 0 Å². The van der Waals surface area contributed by atoms with Crippen molar-refractivity contribution in [1.82, 2.24) is 5.32 Å². The lowest BCUT2D eigenvalue weighted by Crippen LogP contribution is -2.35. The van der Waals surface area contributed by atoms with Gasteiger partial charge in [0.2, 0.25) is 0 Å². The number of amides is 1. The first-order valence-corrected chi connectivity index (χ1v) is 4.64. The summed E-state index contributed by atoms with van der Waals surface area (Å²) < 4.78 is 4.52. The molecule has 0 aliphatic carbocycles. The SMILES string of the molecule is CCC(C)NC(=O)COC(=O)CCl. The van der Waals surface area contributed by atoms with Gasteiger partial charge in [-0.25, -0.2) is 0 Å². The van der Waals surface area contributed by atoms with Crippen LogP contribution < -0.4 is 5.32 Å². The van der Waals surface area contributed by atoms with Crippen LogP contribution in [-0.2, 0) is 14.3 Å². The predicted octanol–water partition coefficient (Wildman–Crippen LogP) is 0.683. The largest absolute Gasteiger partial charge is 0.455 e. The van der Waals surface area contributed by atoms with Crippen molar-refractivity contribution in [2.24, 2.45) is 0 Å². The van der Waals surface area contributed by atoms with E-state index in [0.29, 0.717) is 0 Å². The van der Waals surface area contributed by atoms with Gasteiger partial charge in [0.1, 0.15) is 5.88 Å². The minimum absolute atomic E-state index is 0.0993. The summed E-state index contributed by atoms with van der Waals surface area (Å²) in [5, 5.41) is 2.65. The van der Waals surface area contributed by atoms with Gasteiger partial charge in [-0.05, 0) is 13.3 Å². The molecule has 0 saturated heterocycles. The molecule has 0 aromatic heterocycles. The fourth-order valence-corrected chi connectivity index (χ4v) is 0.680. The van der Waals surface area contributed by atoms with Gasteiger partial charge in [-0.15, -0.1) is 11.6 Å². The smallest absolute Gasteiger partial charge is 0.321 e. The van der Waals surface area contributed by atoms with Crippen LogP contribution in [-0.4, -0.2) is 30.4 Å². The summed E-state index contributed by atoms with van der Waals surface area (Å²) in [6.07, 6.45) is 0.842. The maximum atomic E-state index is 11.0. The molecule has 1 unspecified atom stereocenters. The molecular weight excluding hydrogens is 194 g/mol. The number of halogens is 1. The number of rotatable bonds is 5. The molecule has 0 aliphatic rings. The highest BCUT2D eigenvalue weighted by Gasteiger charge is 2.07. The van der Waals surface area contributed by atoms with E-state index in [1.165, 1.54) is 0 Å². The Morgan fingerprint density at radius 2 is 2.15 bits per heavy atom. The van der Waals surface area contributed by atoms with Crippen molar-refractivity contribution in [2.45, 2.75) is 26.3 Å². The van der Waals surface area contributed by atoms with Crippen molar-refractivity contribution in [3.05, 3.63) is 0 Å². The zero-order valence-corrected chi connectivity index (χ0v) is 8.56. The molecule has 0 saturated carbocycles. The molecule has 0 aromatic carbocycles. The molecule has 0 heterocycles. The fourth-order valence-electron chi connectivity index (χ4n) is 0.603. The topological polar surface area (TPSA) is 55.4 Å². The lowest BCUT2D eigenvalue weighted by Gasteiger charge is -2.10. The van der Waals surface area contributed by atoms with Crippen LogP contribution in [0.15, 0.2) is 0 Å². The van der Waals surface area contributed by atoms with E-state index in [4.69, 9.17) is 11.6 Å². The van der Waals surface area contributed by atoms with Crippen LogP contribution in [0.2, 0.25) is 0 Å². The van der Waals surface area contributed by atoms with Crippen molar-refractivity contribution in [1.29, 1.82) is 0 Å². The quantitative estimate of drug-likeness (QED) is 0.533. The molecule has 0 aromatic rings. The van der Waals surface area contributed by atoms with E-state index in [1.54, 1.807) is 0 Å². The Morgan fingerprint density at radius 1 is 1.54 bits per heavy atom. The number of nitrogens with one attached hydrogen (secondary N) is 1. The molecule has 0 bridgehead atoms. The number of esters is 1.